The maximum absolute atomic E-state index is 5.47. The minimum absolute atomic E-state index is 0.327. The minimum Gasteiger partial charge on any atom is -0.454 e. The Morgan fingerprint density at radius 3 is 3.00 bits per heavy atom. The van der Waals surface area contributed by atoms with Crippen LogP contribution in [-0.2, 0) is 13.0 Å². The third kappa shape index (κ3) is 2.26. The average Bonchev–Trinajstić information content (AvgIpc) is 3.24. The number of benzene rings is 2. The van der Waals surface area contributed by atoms with E-state index < -0.39 is 0 Å². The van der Waals surface area contributed by atoms with Crippen LogP contribution in [0.15, 0.2) is 42.5 Å². The molecule has 0 radical (unpaired) electrons. The van der Waals surface area contributed by atoms with Crippen molar-refractivity contribution in [2.75, 3.05) is 6.79 Å². The highest BCUT2D eigenvalue weighted by Crippen LogP contribution is 2.35. The van der Waals surface area contributed by atoms with Gasteiger partial charge in [0.1, 0.15) is 0 Å². The third-order valence-corrected chi connectivity index (χ3v) is 5.10. The molecule has 122 valence electrons. The number of H-pyrrole nitrogens is 1. The van der Waals surface area contributed by atoms with E-state index in [0.717, 1.165) is 18.0 Å². The first-order valence-corrected chi connectivity index (χ1v) is 8.60. The van der Waals surface area contributed by atoms with Gasteiger partial charge in [-0.15, -0.1) is 0 Å². The van der Waals surface area contributed by atoms with Crippen molar-refractivity contribution in [2.45, 2.75) is 31.8 Å². The van der Waals surface area contributed by atoms with Gasteiger partial charge in [0.25, 0.3) is 0 Å². The fraction of sp³-hybridized carbons (Fsp3) is 0.300. The molecule has 1 aliphatic carbocycles. The maximum atomic E-state index is 5.47. The molecule has 0 amide bonds. The van der Waals surface area contributed by atoms with Crippen molar-refractivity contribution in [3.05, 3.63) is 59.3 Å². The Morgan fingerprint density at radius 2 is 2.00 bits per heavy atom. The molecule has 0 spiro atoms. The number of nitrogens with one attached hydrogen (secondary N) is 2. The van der Waals surface area contributed by atoms with E-state index in [2.05, 4.69) is 46.7 Å². The third-order valence-electron chi connectivity index (χ3n) is 5.10. The van der Waals surface area contributed by atoms with Crippen LogP contribution in [0.4, 0.5) is 0 Å². The number of hydrogen-bond acceptors (Lipinski definition) is 3. The van der Waals surface area contributed by atoms with Gasteiger partial charge in [-0.2, -0.15) is 0 Å². The van der Waals surface area contributed by atoms with E-state index in [1.807, 2.05) is 6.07 Å². The van der Waals surface area contributed by atoms with Crippen molar-refractivity contribution in [2.24, 2.45) is 0 Å². The maximum Gasteiger partial charge on any atom is 0.231 e. The molecule has 1 atom stereocenters. The second-order valence-corrected chi connectivity index (χ2v) is 6.58. The summed E-state index contributed by atoms with van der Waals surface area (Å²) >= 11 is 0. The molecule has 1 aromatic heterocycles. The topological polar surface area (TPSA) is 46.3 Å². The molecule has 1 unspecified atom stereocenters. The van der Waals surface area contributed by atoms with Crippen LogP contribution in [0.1, 0.15) is 35.7 Å². The summed E-state index contributed by atoms with van der Waals surface area (Å²) in [6.07, 6.45) is 3.57. The summed E-state index contributed by atoms with van der Waals surface area (Å²) in [5, 5.41) is 5.10. The Kier molecular flexibility index (Phi) is 3.23. The molecule has 0 saturated heterocycles. The van der Waals surface area contributed by atoms with Gasteiger partial charge in [-0.1, -0.05) is 24.3 Å². The second-order valence-electron chi connectivity index (χ2n) is 6.58. The molecule has 4 nitrogen and oxygen atoms in total. The van der Waals surface area contributed by atoms with Gasteiger partial charge in [0.05, 0.1) is 0 Å². The summed E-state index contributed by atoms with van der Waals surface area (Å²) in [5.41, 5.74) is 5.32. The fourth-order valence-corrected chi connectivity index (χ4v) is 3.91. The van der Waals surface area contributed by atoms with Crippen LogP contribution in [0, 0.1) is 0 Å². The summed E-state index contributed by atoms with van der Waals surface area (Å²) in [4.78, 5) is 3.64. The zero-order valence-corrected chi connectivity index (χ0v) is 13.5. The molecule has 5 rings (SSSR count). The number of aromatic amines is 1. The standard InChI is InChI=1S/C20H20N2O2/c1-2-6-16-14(4-1)15-5-3-7-17(20(15)22-16)21-11-13-8-9-18-19(10-13)24-12-23-18/h1-2,4,6,8-10,17,21-22H,3,5,7,11-12H2. The largest absolute Gasteiger partial charge is 0.454 e. The van der Waals surface area contributed by atoms with Gasteiger partial charge in [-0.05, 0) is 48.6 Å². The van der Waals surface area contributed by atoms with Gasteiger partial charge < -0.3 is 19.8 Å². The van der Waals surface area contributed by atoms with Gasteiger partial charge in [0, 0.05) is 29.2 Å². The molecule has 4 heteroatoms. The smallest absolute Gasteiger partial charge is 0.231 e. The summed E-state index contributed by atoms with van der Waals surface area (Å²) in [6, 6.07) is 15.2. The molecule has 3 aromatic rings. The van der Waals surface area contributed by atoms with Crippen LogP contribution >= 0.6 is 0 Å². The number of aromatic nitrogens is 1. The Balaban J connectivity index is 1.39. The number of para-hydroxylation sites is 1. The number of rotatable bonds is 3. The summed E-state index contributed by atoms with van der Waals surface area (Å²) in [6.45, 7) is 1.16. The lowest BCUT2D eigenvalue weighted by Crippen LogP contribution is -2.24. The number of ether oxygens (including phenoxy) is 2. The highest BCUT2D eigenvalue weighted by atomic mass is 16.7. The molecule has 0 bridgehead atoms. The van der Waals surface area contributed by atoms with Crippen LogP contribution in [0.5, 0.6) is 11.5 Å². The normalized spacial score (nSPS) is 18.8. The molecule has 2 aliphatic rings. The number of aryl methyl sites for hydroxylation is 1. The lowest BCUT2D eigenvalue weighted by atomic mass is 9.91. The number of hydrogen-bond donors (Lipinski definition) is 2. The van der Waals surface area contributed by atoms with E-state index >= 15 is 0 Å². The first-order valence-electron chi connectivity index (χ1n) is 8.60. The zero-order valence-electron chi connectivity index (χ0n) is 13.5. The van der Waals surface area contributed by atoms with Crippen LogP contribution in [0.3, 0.4) is 0 Å². The van der Waals surface area contributed by atoms with E-state index in [0.29, 0.717) is 12.8 Å². The first kappa shape index (κ1) is 13.9. The molecule has 1 aliphatic heterocycles. The predicted molar refractivity (Wildman–Crippen MR) is 93.4 cm³/mol. The van der Waals surface area contributed by atoms with E-state index in [4.69, 9.17) is 9.47 Å². The van der Waals surface area contributed by atoms with Crippen LogP contribution < -0.4 is 14.8 Å². The van der Waals surface area contributed by atoms with Crippen LogP contribution in [-0.4, -0.2) is 11.8 Å². The Hall–Kier alpha value is -2.46. The molecular weight excluding hydrogens is 300 g/mol. The fourth-order valence-electron chi connectivity index (χ4n) is 3.91. The van der Waals surface area contributed by atoms with Gasteiger partial charge >= 0.3 is 0 Å². The molecule has 2 heterocycles. The lowest BCUT2D eigenvalue weighted by molar-refractivity contribution is 0.174. The van der Waals surface area contributed by atoms with Crippen molar-refractivity contribution >= 4 is 10.9 Å². The van der Waals surface area contributed by atoms with E-state index in [9.17, 15) is 0 Å². The predicted octanol–water partition coefficient (Wildman–Crippen LogP) is 4.06. The molecule has 2 N–H and O–H groups in total. The summed E-state index contributed by atoms with van der Waals surface area (Å²) in [5.74, 6) is 1.69. The molecule has 0 fully saturated rings. The first-order chi connectivity index (χ1) is 11.9. The highest BCUT2D eigenvalue weighted by molar-refractivity contribution is 5.85. The van der Waals surface area contributed by atoms with Crippen molar-refractivity contribution < 1.29 is 9.47 Å². The van der Waals surface area contributed by atoms with Gasteiger partial charge in [-0.3, -0.25) is 0 Å². The van der Waals surface area contributed by atoms with Gasteiger partial charge in [-0.25, -0.2) is 0 Å². The SMILES string of the molecule is c1ccc2c3c([nH]c2c1)C(NCc1ccc2c(c1)OCO2)CCC3. The quantitative estimate of drug-likeness (QED) is 0.765. The Labute approximate surface area is 140 Å². The van der Waals surface area contributed by atoms with Crippen molar-refractivity contribution in [1.29, 1.82) is 0 Å². The minimum atomic E-state index is 0.327. The summed E-state index contributed by atoms with van der Waals surface area (Å²) in [7, 11) is 0. The molecule has 0 saturated carbocycles. The van der Waals surface area contributed by atoms with Crippen molar-refractivity contribution in [3.63, 3.8) is 0 Å². The van der Waals surface area contributed by atoms with Crippen molar-refractivity contribution in [3.8, 4) is 11.5 Å². The highest BCUT2D eigenvalue weighted by Gasteiger charge is 2.24. The van der Waals surface area contributed by atoms with Crippen LogP contribution in [0.25, 0.3) is 10.9 Å². The van der Waals surface area contributed by atoms with E-state index in [-0.39, 0.29) is 0 Å². The Bertz CT molecular complexity index is 900. The van der Waals surface area contributed by atoms with Crippen molar-refractivity contribution in [1.82, 2.24) is 10.3 Å². The molecule has 2 aromatic carbocycles. The van der Waals surface area contributed by atoms with Gasteiger partial charge in [0.15, 0.2) is 11.5 Å². The monoisotopic (exact) mass is 320 g/mol. The number of fused-ring (bicyclic) bond motifs is 4. The second kappa shape index (κ2) is 5.56. The van der Waals surface area contributed by atoms with Crippen LogP contribution in [0.2, 0.25) is 0 Å². The lowest BCUT2D eigenvalue weighted by Gasteiger charge is -2.24. The Morgan fingerprint density at radius 1 is 1.08 bits per heavy atom. The zero-order chi connectivity index (χ0) is 15.9. The van der Waals surface area contributed by atoms with E-state index in [1.165, 1.54) is 47.0 Å². The van der Waals surface area contributed by atoms with E-state index in [1.54, 1.807) is 0 Å². The summed E-state index contributed by atoms with van der Waals surface area (Å²) < 4.78 is 10.9. The molecule has 24 heavy (non-hydrogen) atoms. The van der Waals surface area contributed by atoms with Gasteiger partial charge in [0.2, 0.25) is 6.79 Å². The molecular formula is C20H20N2O2. The average molecular weight is 320 g/mol.